The first-order valence-electron chi connectivity index (χ1n) is 8.82. The number of piperidine rings is 1. The molecule has 132 valence electrons. The van der Waals surface area contributed by atoms with Crippen LogP contribution in [0.2, 0.25) is 0 Å². The van der Waals surface area contributed by atoms with Crippen molar-refractivity contribution in [3.8, 4) is 5.75 Å². The van der Waals surface area contributed by atoms with Gasteiger partial charge in [-0.25, -0.2) is 4.39 Å². The van der Waals surface area contributed by atoms with Crippen LogP contribution in [0.5, 0.6) is 5.75 Å². The Kier molecular flexibility index (Phi) is 5.69. The van der Waals surface area contributed by atoms with E-state index in [1.807, 2.05) is 17.0 Å². The average Bonchev–Trinajstić information content (AvgIpc) is 2.67. The van der Waals surface area contributed by atoms with Gasteiger partial charge in [0.2, 0.25) is 5.91 Å². The molecule has 0 bridgehead atoms. The van der Waals surface area contributed by atoms with Crippen molar-refractivity contribution >= 4 is 5.91 Å². The van der Waals surface area contributed by atoms with E-state index >= 15 is 0 Å². The van der Waals surface area contributed by atoms with Gasteiger partial charge in [-0.1, -0.05) is 36.4 Å². The molecule has 0 aliphatic carbocycles. The lowest BCUT2D eigenvalue weighted by Gasteiger charge is -2.32. The lowest BCUT2D eigenvalue weighted by atomic mass is 9.89. The number of ether oxygens (including phenoxy) is 1. The molecule has 0 atom stereocenters. The summed E-state index contributed by atoms with van der Waals surface area (Å²) in [5.41, 5.74) is 2.19. The minimum absolute atomic E-state index is 0.155. The second kappa shape index (κ2) is 8.15. The lowest BCUT2D eigenvalue weighted by Crippen LogP contribution is -2.38. The Balaban J connectivity index is 1.49. The predicted octanol–water partition coefficient (Wildman–Crippen LogP) is 4.17. The predicted molar refractivity (Wildman–Crippen MR) is 96.3 cm³/mol. The summed E-state index contributed by atoms with van der Waals surface area (Å²) in [6.07, 6.45) is 2.99. The summed E-state index contributed by atoms with van der Waals surface area (Å²) in [7, 11) is 1.45. The van der Waals surface area contributed by atoms with Crippen LogP contribution in [0.1, 0.15) is 36.3 Å². The highest BCUT2D eigenvalue weighted by molar-refractivity contribution is 5.76. The molecule has 0 N–H and O–H groups in total. The van der Waals surface area contributed by atoms with Crippen LogP contribution >= 0.6 is 0 Å². The number of nitrogens with zero attached hydrogens (tertiary/aromatic N) is 1. The maximum Gasteiger partial charge on any atom is 0.222 e. The van der Waals surface area contributed by atoms with Gasteiger partial charge in [0.05, 0.1) is 7.11 Å². The standard InChI is InChI=1S/C21H24FNO2/c1-25-20-9-7-16(15-19(20)22)8-10-21(24)23-13-11-18(12-14-23)17-5-3-2-4-6-17/h2-7,9,15,18H,8,10-14H2,1H3. The largest absolute Gasteiger partial charge is 0.494 e. The third-order valence-electron chi connectivity index (χ3n) is 4.96. The molecule has 1 saturated heterocycles. The zero-order chi connectivity index (χ0) is 17.6. The van der Waals surface area contributed by atoms with Crippen molar-refractivity contribution in [3.63, 3.8) is 0 Å². The van der Waals surface area contributed by atoms with Crippen LogP contribution in [0.4, 0.5) is 4.39 Å². The van der Waals surface area contributed by atoms with E-state index in [-0.39, 0.29) is 17.5 Å². The summed E-state index contributed by atoms with van der Waals surface area (Å²) in [4.78, 5) is 14.4. The Morgan fingerprint density at radius 3 is 2.52 bits per heavy atom. The molecular formula is C21H24FNO2. The summed E-state index contributed by atoms with van der Waals surface area (Å²) in [6, 6.07) is 15.4. The average molecular weight is 341 g/mol. The smallest absolute Gasteiger partial charge is 0.222 e. The van der Waals surface area contributed by atoms with Gasteiger partial charge in [-0.15, -0.1) is 0 Å². The van der Waals surface area contributed by atoms with Gasteiger partial charge < -0.3 is 9.64 Å². The molecule has 2 aromatic carbocycles. The Labute approximate surface area is 148 Å². The minimum atomic E-state index is -0.379. The molecule has 2 aromatic rings. The molecule has 0 spiro atoms. The highest BCUT2D eigenvalue weighted by atomic mass is 19.1. The van der Waals surface area contributed by atoms with Gasteiger partial charge in [0.15, 0.2) is 11.6 Å². The van der Waals surface area contributed by atoms with Gasteiger partial charge in [-0.3, -0.25) is 4.79 Å². The van der Waals surface area contributed by atoms with Crippen LogP contribution in [-0.2, 0) is 11.2 Å². The van der Waals surface area contributed by atoms with Crippen molar-refractivity contribution in [2.24, 2.45) is 0 Å². The molecule has 25 heavy (non-hydrogen) atoms. The number of benzene rings is 2. The number of carbonyl (C=O) groups is 1. The number of hydrogen-bond acceptors (Lipinski definition) is 2. The highest BCUT2D eigenvalue weighted by Gasteiger charge is 2.23. The molecule has 3 nitrogen and oxygen atoms in total. The van der Waals surface area contributed by atoms with E-state index in [2.05, 4.69) is 24.3 Å². The topological polar surface area (TPSA) is 29.5 Å². The summed E-state index contributed by atoms with van der Waals surface area (Å²) in [5.74, 6) is 0.554. The molecular weight excluding hydrogens is 317 g/mol. The molecule has 1 heterocycles. The molecule has 1 aliphatic heterocycles. The molecule has 1 fully saturated rings. The summed E-state index contributed by atoms with van der Waals surface area (Å²) >= 11 is 0. The van der Waals surface area contributed by atoms with Crippen LogP contribution in [0.15, 0.2) is 48.5 Å². The van der Waals surface area contributed by atoms with Crippen LogP contribution in [-0.4, -0.2) is 31.0 Å². The molecule has 4 heteroatoms. The number of amides is 1. The normalized spacial score (nSPS) is 15.2. The van der Waals surface area contributed by atoms with Crippen molar-refractivity contribution in [1.29, 1.82) is 0 Å². The van der Waals surface area contributed by atoms with Crippen molar-refractivity contribution in [2.45, 2.75) is 31.6 Å². The summed E-state index contributed by atoms with van der Waals surface area (Å²) in [5, 5.41) is 0. The van der Waals surface area contributed by atoms with Crippen molar-refractivity contribution in [1.82, 2.24) is 4.90 Å². The summed E-state index contributed by atoms with van der Waals surface area (Å²) < 4.78 is 18.6. The molecule has 0 unspecified atom stereocenters. The van der Waals surface area contributed by atoms with E-state index in [1.165, 1.54) is 18.7 Å². The minimum Gasteiger partial charge on any atom is -0.494 e. The van der Waals surface area contributed by atoms with Crippen molar-refractivity contribution in [3.05, 3.63) is 65.5 Å². The van der Waals surface area contributed by atoms with E-state index in [1.54, 1.807) is 6.07 Å². The molecule has 0 radical (unpaired) electrons. The Morgan fingerprint density at radius 1 is 1.16 bits per heavy atom. The number of carbonyl (C=O) groups excluding carboxylic acids is 1. The number of halogens is 1. The molecule has 1 aliphatic rings. The monoisotopic (exact) mass is 341 g/mol. The number of methoxy groups -OCH3 is 1. The van der Waals surface area contributed by atoms with Crippen LogP contribution < -0.4 is 4.74 Å². The SMILES string of the molecule is COc1ccc(CCC(=O)N2CCC(c3ccccc3)CC2)cc1F. The second-order valence-electron chi connectivity index (χ2n) is 6.53. The Hall–Kier alpha value is -2.36. The van der Waals surface area contributed by atoms with Crippen molar-refractivity contribution in [2.75, 3.05) is 20.2 Å². The van der Waals surface area contributed by atoms with E-state index < -0.39 is 0 Å². The first-order chi connectivity index (χ1) is 12.2. The number of hydrogen-bond donors (Lipinski definition) is 0. The quantitative estimate of drug-likeness (QED) is 0.817. The van der Waals surface area contributed by atoms with Crippen LogP contribution in [0, 0.1) is 5.82 Å². The van der Waals surface area contributed by atoms with E-state index in [0.29, 0.717) is 18.8 Å². The fraction of sp³-hybridized carbons (Fsp3) is 0.381. The fourth-order valence-corrected chi connectivity index (χ4v) is 3.46. The van der Waals surface area contributed by atoms with Gasteiger partial charge in [0, 0.05) is 19.5 Å². The van der Waals surface area contributed by atoms with Crippen LogP contribution in [0.3, 0.4) is 0 Å². The Bertz CT molecular complexity index is 709. The second-order valence-corrected chi connectivity index (χ2v) is 6.53. The first kappa shape index (κ1) is 17.5. The van der Waals surface area contributed by atoms with E-state index in [4.69, 9.17) is 4.74 Å². The highest BCUT2D eigenvalue weighted by Crippen LogP contribution is 2.28. The number of rotatable bonds is 5. The molecule has 0 aromatic heterocycles. The van der Waals surface area contributed by atoms with Gasteiger partial charge >= 0.3 is 0 Å². The maximum atomic E-state index is 13.7. The van der Waals surface area contributed by atoms with E-state index in [9.17, 15) is 9.18 Å². The zero-order valence-electron chi connectivity index (χ0n) is 14.6. The van der Waals surface area contributed by atoms with Gasteiger partial charge in [0.25, 0.3) is 0 Å². The van der Waals surface area contributed by atoms with Crippen molar-refractivity contribution < 1.29 is 13.9 Å². The number of aryl methyl sites for hydroxylation is 1. The first-order valence-corrected chi connectivity index (χ1v) is 8.82. The van der Waals surface area contributed by atoms with Gasteiger partial charge in [-0.2, -0.15) is 0 Å². The zero-order valence-corrected chi connectivity index (χ0v) is 14.6. The Morgan fingerprint density at radius 2 is 1.88 bits per heavy atom. The molecule has 0 saturated carbocycles. The lowest BCUT2D eigenvalue weighted by molar-refractivity contribution is -0.132. The number of likely N-dealkylation sites (tertiary alicyclic amines) is 1. The third kappa shape index (κ3) is 4.38. The molecule has 1 amide bonds. The maximum absolute atomic E-state index is 13.7. The summed E-state index contributed by atoms with van der Waals surface area (Å²) in [6.45, 7) is 1.60. The molecule has 3 rings (SSSR count). The van der Waals surface area contributed by atoms with Crippen LogP contribution in [0.25, 0.3) is 0 Å². The van der Waals surface area contributed by atoms with Gasteiger partial charge in [0.1, 0.15) is 0 Å². The third-order valence-corrected chi connectivity index (χ3v) is 4.96. The van der Waals surface area contributed by atoms with Gasteiger partial charge in [-0.05, 0) is 48.4 Å². The fourth-order valence-electron chi connectivity index (χ4n) is 3.46. The van der Waals surface area contributed by atoms with E-state index in [0.717, 1.165) is 31.5 Å².